The van der Waals surface area contributed by atoms with E-state index in [-0.39, 0.29) is 5.41 Å². The van der Waals surface area contributed by atoms with Crippen LogP contribution < -0.4 is 0 Å². The lowest BCUT2D eigenvalue weighted by molar-refractivity contribution is 0.422. The SMILES string of the molecule is CC1(C)c2ccccc2[C@@H](c2ccccc2)[C@@H]1c1ccccc1. The van der Waals surface area contributed by atoms with Crippen molar-refractivity contribution in [1.29, 1.82) is 0 Å². The molecule has 0 amide bonds. The molecule has 23 heavy (non-hydrogen) atoms. The molecule has 3 aromatic carbocycles. The summed E-state index contributed by atoms with van der Waals surface area (Å²) in [4.78, 5) is 0. The van der Waals surface area contributed by atoms with Gasteiger partial charge in [0.2, 0.25) is 0 Å². The molecular weight excluding hydrogens is 276 g/mol. The zero-order valence-corrected chi connectivity index (χ0v) is 13.7. The second-order valence-corrected chi connectivity index (χ2v) is 7.09. The summed E-state index contributed by atoms with van der Waals surface area (Å²) >= 11 is 0. The Kier molecular flexibility index (Phi) is 3.34. The third-order valence-electron chi connectivity index (χ3n) is 5.42. The van der Waals surface area contributed by atoms with Gasteiger partial charge < -0.3 is 0 Å². The molecule has 0 nitrogen and oxygen atoms in total. The van der Waals surface area contributed by atoms with Crippen molar-refractivity contribution < 1.29 is 0 Å². The van der Waals surface area contributed by atoms with Gasteiger partial charge in [-0.25, -0.2) is 0 Å². The molecule has 0 unspecified atom stereocenters. The van der Waals surface area contributed by atoms with E-state index in [9.17, 15) is 0 Å². The molecule has 0 heteroatoms. The molecule has 0 spiro atoms. The van der Waals surface area contributed by atoms with Gasteiger partial charge in [-0.05, 0) is 27.7 Å². The van der Waals surface area contributed by atoms with E-state index in [4.69, 9.17) is 0 Å². The largest absolute Gasteiger partial charge is 0.0622 e. The van der Waals surface area contributed by atoms with E-state index >= 15 is 0 Å². The molecule has 0 aromatic heterocycles. The fourth-order valence-corrected chi connectivity index (χ4v) is 4.42. The summed E-state index contributed by atoms with van der Waals surface area (Å²) in [6, 6.07) is 31.0. The molecule has 0 radical (unpaired) electrons. The summed E-state index contributed by atoms with van der Waals surface area (Å²) < 4.78 is 0. The Morgan fingerprint density at radius 2 is 1.13 bits per heavy atom. The van der Waals surface area contributed by atoms with Crippen LogP contribution in [0.15, 0.2) is 84.9 Å². The molecule has 0 saturated carbocycles. The Labute approximate surface area is 138 Å². The topological polar surface area (TPSA) is 0 Å². The minimum Gasteiger partial charge on any atom is -0.0622 e. The van der Waals surface area contributed by atoms with Crippen molar-refractivity contribution in [3.05, 3.63) is 107 Å². The molecule has 0 saturated heterocycles. The standard InChI is InChI=1S/C23H22/c1-23(2)20-16-10-9-15-19(20)21(17-11-5-3-6-12-17)22(23)18-13-7-4-8-14-18/h3-16,21-22H,1-2H3/t21-,22+/m1/s1. The predicted octanol–water partition coefficient (Wildman–Crippen LogP) is 5.89. The van der Waals surface area contributed by atoms with Crippen molar-refractivity contribution in [2.45, 2.75) is 31.1 Å². The van der Waals surface area contributed by atoms with Gasteiger partial charge in [0.1, 0.15) is 0 Å². The van der Waals surface area contributed by atoms with Crippen LogP contribution in [0, 0.1) is 0 Å². The first kappa shape index (κ1) is 14.3. The fourth-order valence-electron chi connectivity index (χ4n) is 4.42. The first-order chi connectivity index (χ1) is 11.2. The first-order valence-electron chi connectivity index (χ1n) is 8.39. The average molecular weight is 298 g/mol. The summed E-state index contributed by atoms with van der Waals surface area (Å²) in [5, 5.41) is 0. The van der Waals surface area contributed by atoms with Gasteiger partial charge in [0.25, 0.3) is 0 Å². The van der Waals surface area contributed by atoms with E-state index in [2.05, 4.69) is 98.8 Å². The van der Waals surface area contributed by atoms with Gasteiger partial charge in [-0.1, -0.05) is 98.8 Å². The zero-order chi connectivity index (χ0) is 15.9. The van der Waals surface area contributed by atoms with Crippen LogP contribution in [0.1, 0.15) is 47.9 Å². The van der Waals surface area contributed by atoms with E-state index in [1.807, 2.05) is 0 Å². The van der Waals surface area contributed by atoms with E-state index in [1.54, 1.807) is 0 Å². The van der Waals surface area contributed by atoms with Crippen LogP contribution in [0.2, 0.25) is 0 Å². The first-order valence-corrected chi connectivity index (χ1v) is 8.39. The summed E-state index contributed by atoms with van der Waals surface area (Å²) in [7, 11) is 0. The Morgan fingerprint density at radius 1 is 0.609 bits per heavy atom. The molecule has 1 aliphatic carbocycles. The van der Waals surface area contributed by atoms with Crippen molar-refractivity contribution in [2.24, 2.45) is 0 Å². The van der Waals surface area contributed by atoms with Crippen LogP contribution in [-0.2, 0) is 5.41 Å². The van der Waals surface area contributed by atoms with E-state index in [0.717, 1.165) is 0 Å². The lowest BCUT2D eigenvalue weighted by Gasteiger charge is -2.32. The molecule has 4 rings (SSSR count). The highest BCUT2D eigenvalue weighted by Gasteiger charge is 2.47. The molecule has 0 N–H and O–H groups in total. The normalized spacial score (nSPS) is 21.8. The molecule has 0 heterocycles. The molecule has 0 bridgehead atoms. The van der Waals surface area contributed by atoms with Crippen LogP contribution in [0.3, 0.4) is 0 Å². The Morgan fingerprint density at radius 3 is 1.78 bits per heavy atom. The van der Waals surface area contributed by atoms with Gasteiger partial charge in [-0.3, -0.25) is 0 Å². The lowest BCUT2D eigenvalue weighted by Crippen LogP contribution is -2.24. The minimum atomic E-state index is 0.123. The average Bonchev–Trinajstić information content (AvgIpc) is 2.84. The fraction of sp³-hybridized carbons (Fsp3) is 0.217. The Balaban J connectivity index is 1.96. The van der Waals surface area contributed by atoms with Gasteiger partial charge >= 0.3 is 0 Å². The number of fused-ring (bicyclic) bond motifs is 1. The highest BCUT2D eigenvalue weighted by atomic mass is 14.5. The molecule has 0 aliphatic heterocycles. The van der Waals surface area contributed by atoms with E-state index in [1.165, 1.54) is 22.3 Å². The summed E-state index contributed by atoms with van der Waals surface area (Å²) in [5.74, 6) is 0.883. The molecule has 0 fully saturated rings. The number of hydrogen-bond donors (Lipinski definition) is 0. The van der Waals surface area contributed by atoms with Crippen LogP contribution >= 0.6 is 0 Å². The zero-order valence-electron chi connectivity index (χ0n) is 13.7. The van der Waals surface area contributed by atoms with Gasteiger partial charge in [-0.2, -0.15) is 0 Å². The van der Waals surface area contributed by atoms with Crippen molar-refractivity contribution in [1.82, 2.24) is 0 Å². The van der Waals surface area contributed by atoms with E-state index < -0.39 is 0 Å². The monoisotopic (exact) mass is 298 g/mol. The predicted molar refractivity (Wildman–Crippen MR) is 96.9 cm³/mol. The maximum absolute atomic E-state index is 2.40. The number of rotatable bonds is 2. The smallest absolute Gasteiger partial charge is 0.0169 e. The summed E-state index contributed by atoms with van der Waals surface area (Å²) in [5.41, 5.74) is 5.94. The van der Waals surface area contributed by atoms with Crippen LogP contribution in [0.25, 0.3) is 0 Å². The van der Waals surface area contributed by atoms with Crippen LogP contribution in [0.4, 0.5) is 0 Å². The van der Waals surface area contributed by atoms with Crippen molar-refractivity contribution >= 4 is 0 Å². The maximum atomic E-state index is 2.40. The minimum absolute atomic E-state index is 0.123. The van der Waals surface area contributed by atoms with Crippen molar-refractivity contribution in [2.75, 3.05) is 0 Å². The molecular formula is C23H22. The van der Waals surface area contributed by atoms with E-state index in [0.29, 0.717) is 11.8 Å². The quantitative estimate of drug-likeness (QED) is 0.553. The van der Waals surface area contributed by atoms with Gasteiger partial charge in [0.05, 0.1) is 0 Å². The number of benzene rings is 3. The summed E-state index contributed by atoms with van der Waals surface area (Å²) in [6.45, 7) is 4.79. The highest BCUT2D eigenvalue weighted by molar-refractivity contribution is 5.53. The Hall–Kier alpha value is -2.34. The lowest BCUT2D eigenvalue weighted by atomic mass is 9.71. The summed E-state index contributed by atoms with van der Waals surface area (Å²) in [6.07, 6.45) is 0. The third kappa shape index (κ3) is 2.21. The third-order valence-corrected chi connectivity index (χ3v) is 5.42. The Bertz CT molecular complexity index is 800. The highest BCUT2D eigenvalue weighted by Crippen LogP contribution is 2.57. The van der Waals surface area contributed by atoms with Crippen LogP contribution in [-0.4, -0.2) is 0 Å². The second kappa shape index (κ2) is 5.38. The molecule has 114 valence electrons. The van der Waals surface area contributed by atoms with Crippen molar-refractivity contribution in [3.63, 3.8) is 0 Å². The number of hydrogen-bond acceptors (Lipinski definition) is 0. The van der Waals surface area contributed by atoms with Gasteiger partial charge in [-0.15, -0.1) is 0 Å². The molecule has 3 aromatic rings. The molecule has 1 aliphatic rings. The van der Waals surface area contributed by atoms with Gasteiger partial charge in [0, 0.05) is 11.8 Å². The maximum Gasteiger partial charge on any atom is 0.0169 e. The van der Waals surface area contributed by atoms with Gasteiger partial charge in [0.15, 0.2) is 0 Å². The molecule has 2 atom stereocenters. The second-order valence-electron chi connectivity index (χ2n) is 7.09. The van der Waals surface area contributed by atoms with Crippen LogP contribution in [0.5, 0.6) is 0 Å². The van der Waals surface area contributed by atoms with Crippen molar-refractivity contribution in [3.8, 4) is 0 Å².